The summed E-state index contributed by atoms with van der Waals surface area (Å²) in [6.07, 6.45) is 2.09. The van der Waals surface area contributed by atoms with Gasteiger partial charge in [0, 0.05) is 32.2 Å². The van der Waals surface area contributed by atoms with Crippen molar-refractivity contribution < 1.29 is 14.3 Å². The quantitative estimate of drug-likeness (QED) is 0.834. The number of nitrogens with zero attached hydrogens (tertiary/aromatic N) is 2. The van der Waals surface area contributed by atoms with Gasteiger partial charge in [-0.05, 0) is 36.1 Å². The molecule has 2 aliphatic heterocycles. The van der Waals surface area contributed by atoms with E-state index in [0.29, 0.717) is 23.1 Å². The van der Waals surface area contributed by atoms with Crippen LogP contribution in [0.2, 0.25) is 0 Å². The molecule has 1 saturated heterocycles. The molecule has 2 aliphatic rings. The van der Waals surface area contributed by atoms with Gasteiger partial charge in [0.2, 0.25) is 0 Å². The number of carbonyl (C=O) groups excluding carboxylic acids is 1. The molecule has 0 aliphatic carbocycles. The van der Waals surface area contributed by atoms with Gasteiger partial charge in [-0.15, -0.1) is 0 Å². The van der Waals surface area contributed by atoms with Crippen LogP contribution in [0.3, 0.4) is 0 Å². The highest BCUT2D eigenvalue weighted by atomic mass is 16.5. The summed E-state index contributed by atoms with van der Waals surface area (Å²) in [5.41, 5.74) is 3.39. The molecule has 5 heteroatoms. The third-order valence-electron chi connectivity index (χ3n) is 5.77. The van der Waals surface area contributed by atoms with Crippen molar-refractivity contribution >= 4 is 5.91 Å². The van der Waals surface area contributed by atoms with Gasteiger partial charge in [0.25, 0.3) is 5.91 Å². The largest absolute Gasteiger partial charge is 0.496 e. The van der Waals surface area contributed by atoms with Crippen molar-refractivity contribution in [3.8, 4) is 11.5 Å². The molecule has 2 aromatic carbocycles. The maximum Gasteiger partial charge on any atom is 0.261 e. The van der Waals surface area contributed by atoms with Gasteiger partial charge in [-0.25, -0.2) is 0 Å². The normalized spacial score (nSPS) is 19.6. The minimum Gasteiger partial charge on any atom is -0.496 e. The van der Waals surface area contributed by atoms with Gasteiger partial charge in [0.05, 0.1) is 14.2 Å². The summed E-state index contributed by atoms with van der Waals surface area (Å²) in [6, 6.07) is 14.5. The SMILES string of the molecule is COc1cccc(OC)c1C(=O)N1CCC(N2CCc3ccccc3C2)C1. The van der Waals surface area contributed by atoms with E-state index in [0.717, 1.165) is 39.0 Å². The van der Waals surface area contributed by atoms with Gasteiger partial charge in [0.15, 0.2) is 0 Å². The summed E-state index contributed by atoms with van der Waals surface area (Å²) in [5, 5.41) is 0. The number of likely N-dealkylation sites (tertiary alicyclic amines) is 1. The highest BCUT2D eigenvalue weighted by molar-refractivity contribution is 6.00. The first-order valence-corrected chi connectivity index (χ1v) is 9.52. The molecule has 0 bridgehead atoms. The molecular weight excluding hydrogens is 340 g/mol. The number of benzene rings is 2. The van der Waals surface area contributed by atoms with Crippen LogP contribution in [0.1, 0.15) is 27.9 Å². The summed E-state index contributed by atoms with van der Waals surface area (Å²) in [6.45, 7) is 3.55. The number of hydrogen-bond donors (Lipinski definition) is 0. The lowest BCUT2D eigenvalue weighted by molar-refractivity contribution is 0.0766. The first-order chi connectivity index (χ1) is 13.2. The van der Waals surface area contributed by atoms with Gasteiger partial charge in [-0.3, -0.25) is 9.69 Å². The van der Waals surface area contributed by atoms with E-state index in [-0.39, 0.29) is 5.91 Å². The van der Waals surface area contributed by atoms with Crippen molar-refractivity contribution in [2.24, 2.45) is 0 Å². The van der Waals surface area contributed by atoms with Crippen molar-refractivity contribution in [3.63, 3.8) is 0 Å². The number of fused-ring (bicyclic) bond motifs is 1. The summed E-state index contributed by atoms with van der Waals surface area (Å²) in [5.74, 6) is 1.12. The van der Waals surface area contributed by atoms with Crippen LogP contribution in [-0.2, 0) is 13.0 Å². The lowest BCUT2D eigenvalue weighted by Gasteiger charge is -2.33. The van der Waals surface area contributed by atoms with Gasteiger partial charge in [-0.1, -0.05) is 30.3 Å². The first kappa shape index (κ1) is 17.9. The predicted octanol–water partition coefficient (Wildman–Crippen LogP) is 2.98. The second-order valence-corrected chi connectivity index (χ2v) is 7.22. The smallest absolute Gasteiger partial charge is 0.261 e. The first-order valence-electron chi connectivity index (χ1n) is 9.52. The van der Waals surface area contributed by atoms with Gasteiger partial charge in [0.1, 0.15) is 17.1 Å². The maximum atomic E-state index is 13.2. The molecule has 0 saturated carbocycles. The molecule has 0 N–H and O–H groups in total. The Bertz CT molecular complexity index is 814. The van der Waals surface area contributed by atoms with Crippen molar-refractivity contribution in [2.45, 2.75) is 25.4 Å². The monoisotopic (exact) mass is 366 g/mol. The topological polar surface area (TPSA) is 42.0 Å². The number of hydrogen-bond acceptors (Lipinski definition) is 4. The van der Waals surface area contributed by atoms with E-state index in [1.807, 2.05) is 23.1 Å². The highest BCUT2D eigenvalue weighted by Gasteiger charge is 2.34. The molecule has 0 aromatic heterocycles. The van der Waals surface area contributed by atoms with E-state index < -0.39 is 0 Å². The molecular formula is C22H26N2O3. The highest BCUT2D eigenvalue weighted by Crippen LogP contribution is 2.32. The van der Waals surface area contributed by atoms with E-state index in [4.69, 9.17) is 9.47 Å². The van der Waals surface area contributed by atoms with Crippen LogP contribution < -0.4 is 9.47 Å². The molecule has 1 fully saturated rings. The number of amides is 1. The van der Waals surface area contributed by atoms with Gasteiger partial charge in [-0.2, -0.15) is 0 Å². The second kappa shape index (κ2) is 7.61. The molecule has 4 rings (SSSR count). The third-order valence-corrected chi connectivity index (χ3v) is 5.77. The summed E-state index contributed by atoms with van der Waals surface area (Å²) in [7, 11) is 3.17. The molecule has 1 atom stereocenters. The fraction of sp³-hybridized carbons (Fsp3) is 0.409. The molecule has 27 heavy (non-hydrogen) atoms. The minimum atomic E-state index is -0.00999. The van der Waals surface area contributed by atoms with Crippen LogP contribution in [0.4, 0.5) is 0 Å². The average Bonchev–Trinajstić information content (AvgIpc) is 3.22. The number of ether oxygens (including phenoxy) is 2. The number of carbonyl (C=O) groups is 1. The van der Waals surface area contributed by atoms with Crippen LogP contribution >= 0.6 is 0 Å². The minimum absolute atomic E-state index is 0.00999. The molecule has 0 radical (unpaired) electrons. The molecule has 5 nitrogen and oxygen atoms in total. The van der Waals surface area contributed by atoms with Crippen molar-refractivity contribution in [3.05, 3.63) is 59.2 Å². The summed E-state index contributed by atoms with van der Waals surface area (Å²) < 4.78 is 10.8. The van der Waals surface area contributed by atoms with Crippen molar-refractivity contribution in [1.29, 1.82) is 0 Å². The van der Waals surface area contributed by atoms with Crippen molar-refractivity contribution in [1.82, 2.24) is 9.80 Å². The van der Waals surface area contributed by atoms with E-state index in [2.05, 4.69) is 29.2 Å². The Kier molecular flexibility index (Phi) is 5.03. The van der Waals surface area contributed by atoms with E-state index in [1.54, 1.807) is 14.2 Å². The molecule has 142 valence electrons. The van der Waals surface area contributed by atoms with Crippen LogP contribution in [-0.4, -0.2) is 55.6 Å². The Morgan fingerprint density at radius 3 is 2.37 bits per heavy atom. The van der Waals surface area contributed by atoms with Crippen LogP contribution in [0.25, 0.3) is 0 Å². The molecule has 1 unspecified atom stereocenters. The van der Waals surface area contributed by atoms with Gasteiger partial charge >= 0.3 is 0 Å². The maximum absolute atomic E-state index is 13.2. The zero-order valence-electron chi connectivity index (χ0n) is 16.0. The standard InChI is InChI=1S/C22H26N2O3/c1-26-19-8-5-9-20(27-2)21(19)22(25)24-13-11-18(15-24)23-12-10-16-6-3-4-7-17(16)14-23/h3-9,18H,10-15H2,1-2H3. The fourth-order valence-corrected chi connectivity index (χ4v) is 4.27. The van der Waals surface area contributed by atoms with E-state index in [1.165, 1.54) is 11.1 Å². The second-order valence-electron chi connectivity index (χ2n) is 7.22. The molecule has 2 aromatic rings. The van der Waals surface area contributed by atoms with Crippen molar-refractivity contribution in [2.75, 3.05) is 33.9 Å². The Morgan fingerprint density at radius 1 is 0.963 bits per heavy atom. The molecule has 0 spiro atoms. The fourth-order valence-electron chi connectivity index (χ4n) is 4.27. The third kappa shape index (κ3) is 3.39. The summed E-state index contributed by atoms with van der Waals surface area (Å²) in [4.78, 5) is 17.6. The van der Waals surface area contributed by atoms with Crippen LogP contribution in [0, 0.1) is 0 Å². The number of rotatable bonds is 4. The predicted molar refractivity (Wildman–Crippen MR) is 104 cm³/mol. The van der Waals surface area contributed by atoms with Crippen LogP contribution in [0.15, 0.2) is 42.5 Å². The Hall–Kier alpha value is -2.53. The van der Waals surface area contributed by atoms with Crippen LogP contribution in [0.5, 0.6) is 11.5 Å². The Labute approximate surface area is 160 Å². The summed E-state index contributed by atoms with van der Waals surface area (Å²) >= 11 is 0. The van der Waals surface area contributed by atoms with E-state index in [9.17, 15) is 4.79 Å². The zero-order valence-corrected chi connectivity index (χ0v) is 16.0. The average molecular weight is 366 g/mol. The molecule has 1 amide bonds. The van der Waals surface area contributed by atoms with E-state index >= 15 is 0 Å². The Morgan fingerprint density at radius 2 is 1.67 bits per heavy atom. The lowest BCUT2D eigenvalue weighted by Crippen LogP contribution is -2.41. The van der Waals surface area contributed by atoms with Gasteiger partial charge < -0.3 is 14.4 Å². The molecule has 2 heterocycles. The lowest BCUT2D eigenvalue weighted by atomic mass is 9.98. The number of methoxy groups -OCH3 is 2. The Balaban J connectivity index is 1.48. The zero-order chi connectivity index (χ0) is 18.8.